The van der Waals surface area contributed by atoms with Crippen LogP contribution in [0.4, 0.5) is 0 Å². The molecule has 0 amide bonds. The van der Waals surface area contributed by atoms with E-state index in [1.807, 2.05) is 24.3 Å². The molecule has 22 heavy (non-hydrogen) atoms. The first-order valence-corrected chi connectivity index (χ1v) is 7.58. The number of ether oxygens (including phenoxy) is 1. The van der Waals surface area contributed by atoms with Crippen LogP contribution in [0.3, 0.4) is 0 Å². The Morgan fingerprint density at radius 2 is 1.82 bits per heavy atom. The molecule has 0 aliphatic carbocycles. The van der Waals surface area contributed by atoms with Gasteiger partial charge in [0.2, 0.25) is 0 Å². The van der Waals surface area contributed by atoms with Crippen LogP contribution in [0.2, 0.25) is 0 Å². The molecule has 1 N–H and O–H groups in total. The number of benzene rings is 2. The van der Waals surface area contributed by atoms with Gasteiger partial charge in [-0.25, -0.2) is 4.79 Å². The average molecular weight is 297 g/mol. The van der Waals surface area contributed by atoms with Crippen molar-refractivity contribution < 1.29 is 9.53 Å². The lowest BCUT2D eigenvalue weighted by molar-refractivity contribution is 0.0600. The van der Waals surface area contributed by atoms with Gasteiger partial charge < -0.3 is 10.1 Å². The highest BCUT2D eigenvalue weighted by atomic mass is 16.5. The SMILES string of the molecule is COC(=O)c1cccc(CC(C)NC(C)c2ccccc2)c1. The lowest BCUT2D eigenvalue weighted by atomic mass is 10.0. The van der Waals surface area contributed by atoms with Crippen LogP contribution in [0.25, 0.3) is 0 Å². The second kappa shape index (κ2) is 7.76. The number of carbonyl (C=O) groups is 1. The normalized spacial score (nSPS) is 13.4. The fraction of sp³-hybridized carbons (Fsp3) is 0.316. The second-order valence-corrected chi connectivity index (χ2v) is 5.60. The number of hydrogen-bond acceptors (Lipinski definition) is 3. The fourth-order valence-corrected chi connectivity index (χ4v) is 2.62. The molecule has 3 heteroatoms. The summed E-state index contributed by atoms with van der Waals surface area (Å²) >= 11 is 0. The summed E-state index contributed by atoms with van der Waals surface area (Å²) in [7, 11) is 1.40. The van der Waals surface area contributed by atoms with E-state index in [9.17, 15) is 4.79 Å². The lowest BCUT2D eigenvalue weighted by Gasteiger charge is -2.20. The standard InChI is InChI=1S/C19H23NO2/c1-14(20-15(2)17-9-5-4-6-10-17)12-16-8-7-11-18(13-16)19(21)22-3/h4-11,13-15,20H,12H2,1-3H3. The molecule has 2 atom stereocenters. The van der Waals surface area contributed by atoms with Gasteiger partial charge in [0.05, 0.1) is 12.7 Å². The molecule has 0 fully saturated rings. The summed E-state index contributed by atoms with van der Waals surface area (Å²) in [5.74, 6) is -0.292. The molecule has 0 saturated carbocycles. The molecule has 2 aromatic carbocycles. The number of carbonyl (C=O) groups excluding carboxylic acids is 1. The fourth-order valence-electron chi connectivity index (χ4n) is 2.62. The molecule has 0 heterocycles. The first kappa shape index (κ1) is 16.2. The van der Waals surface area contributed by atoms with E-state index < -0.39 is 0 Å². The minimum absolute atomic E-state index is 0.292. The van der Waals surface area contributed by atoms with Crippen LogP contribution >= 0.6 is 0 Å². The van der Waals surface area contributed by atoms with Crippen LogP contribution in [0.1, 0.15) is 41.4 Å². The van der Waals surface area contributed by atoms with Gasteiger partial charge in [-0.05, 0) is 43.5 Å². The highest BCUT2D eigenvalue weighted by Gasteiger charge is 2.11. The van der Waals surface area contributed by atoms with Gasteiger partial charge in [0.25, 0.3) is 0 Å². The maximum atomic E-state index is 11.6. The molecule has 0 aromatic heterocycles. The van der Waals surface area contributed by atoms with E-state index in [4.69, 9.17) is 4.74 Å². The van der Waals surface area contributed by atoms with Gasteiger partial charge in [-0.2, -0.15) is 0 Å². The smallest absolute Gasteiger partial charge is 0.337 e. The summed E-state index contributed by atoms with van der Waals surface area (Å²) in [5, 5.41) is 3.59. The molecule has 0 aliphatic heterocycles. The summed E-state index contributed by atoms with van der Waals surface area (Å²) < 4.78 is 4.76. The van der Waals surface area contributed by atoms with Gasteiger partial charge in [-0.15, -0.1) is 0 Å². The first-order valence-electron chi connectivity index (χ1n) is 7.58. The summed E-state index contributed by atoms with van der Waals surface area (Å²) in [6.07, 6.45) is 0.863. The van der Waals surface area contributed by atoms with E-state index in [0.717, 1.165) is 12.0 Å². The summed E-state index contributed by atoms with van der Waals surface area (Å²) in [4.78, 5) is 11.6. The van der Waals surface area contributed by atoms with Crippen molar-refractivity contribution in [2.45, 2.75) is 32.4 Å². The largest absolute Gasteiger partial charge is 0.465 e. The van der Waals surface area contributed by atoms with Crippen molar-refractivity contribution in [3.05, 3.63) is 71.3 Å². The molecule has 3 nitrogen and oxygen atoms in total. The maximum absolute atomic E-state index is 11.6. The molecule has 0 saturated heterocycles. The van der Waals surface area contributed by atoms with Crippen LogP contribution in [0.5, 0.6) is 0 Å². The van der Waals surface area contributed by atoms with Gasteiger partial charge in [0, 0.05) is 12.1 Å². The third kappa shape index (κ3) is 4.43. The molecular formula is C19H23NO2. The molecule has 2 unspecified atom stereocenters. The van der Waals surface area contributed by atoms with Crippen molar-refractivity contribution in [2.24, 2.45) is 0 Å². The van der Waals surface area contributed by atoms with Crippen LogP contribution in [-0.4, -0.2) is 19.1 Å². The van der Waals surface area contributed by atoms with E-state index in [0.29, 0.717) is 17.6 Å². The molecule has 0 radical (unpaired) electrons. The number of methoxy groups -OCH3 is 1. The Morgan fingerprint density at radius 1 is 1.09 bits per heavy atom. The van der Waals surface area contributed by atoms with Gasteiger partial charge in [-0.3, -0.25) is 0 Å². The Bertz CT molecular complexity index is 610. The first-order chi connectivity index (χ1) is 10.6. The van der Waals surface area contributed by atoms with Crippen molar-refractivity contribution in [2.75, 3.05) is 7.11 Å². The predicted octanol–water partition coefficient (Wildman–Crippen LogP) is 3.76. The minimum Gasteiger partial charge on any atom is -0.465 e. The van der Waals surface area contributed by atoms with Crippen LogP contribution < -0.4 is 5.32 Å². The minimum atomic E-state index is -0.292. The van der Waals surface area contributed by atoms with Crippen molar-refractivity contribution in [3.63, 3.8) is 0 Å². The Balaban J connectivity index is 1.97. The summed E-state index contributed by atoms with van der Waals surface area (Å²) in [6, 6.07) is 18.6. The second-order valence-electron chi connectivity index (χ2n) is 5.60. The van der Waals surface area contributed by atoms with E-state index in [2.05, 4.69) is 43.4 Å². The lowest BCUT2D eigenvalue weighted by Crippen LogP contribution is -2.30. The van der Waals surface area contributed by atoms with Crippen molar-refractivity contribution in [3.8, 4) is 0 Å². The number of nitrogens with one attached hydrogen (secondary N) is 1. The predicted molar refractivity (Wildman–Crippen MR) is 88.9 cm³/mol. The maximum Gasteiger partial charge on any atom is 0.337 e. The third-order valence-electron chi connectivity index (χ3n) is 3.72. The third-order valence-corrected chi connectivity index (χ3v) is 3.72. The molecular weight excluding hydrogens is 274 g/mol. The highest BCUT2D eigenvalue weighted by Crippen LogP contribution is 2.14. The van der Waals surface area contributed by atoms with Gasteiger partial charge >= 0.3 is 5.97 Å². The van der Waals surface area contributed by atoms with E-state index in [1.165, 1.54) is 12.7 Å². The van der Waals surface area contributed by atoms with Crippen LogP contribution in [-0.2, 0) is 11.2 Å². The number of hydrogen-bond donors (Lipinski definition) is 1. The molecule has 0 aliphatic rings. The number of rotatable bonds is 6. The van der Waals surface area contributed by atoms with E-state index in [1.54, 1.807) is 6.07 Å². The molecule has 116 valence electrons. The summed E-state index contributed by atoms with van der Waals surface area (Å²) in [5.41, 5.74) is 3.00. The van der Waals surface area contributed by atoms with E-state index in [-0.39, 0.29) is 5.97 Å². The number of esters is 1. The van der Waals surface area contributed by atoms with E-state index >= 15 is 0 Å². The topological polar surface area (TPSA) is 38.3 Å². The zero-order valence-corrected chi connectivity index (χ0v) is 13.4. The zero-order chi connectivity index (χ0) is 15.9. The Kier molecular flexibility index (Phi) is 5.73. The van der Waals surface area contributed by atoms with Crippen LogP contribution in [0, 0.1) is 0 Å². The van der Waals surface area contributed by atoms with Gasteiger partial charge in [0.15, 0.2) is 0 Å². The molecule has 0 spiro atoms. The van der Waals surface area contributed by atoms with Crippen molar-refractivity contribution in [1.82, 2.24) is 5.32 Å². The molecule has 2 aromatic rings. The molecule has 2 rings (SSSR count). The van der Waals surface area contributed by atoms with Crippen molar-refractivity contribution >= 4 is 5.97 Å². The Labute approximate surface area is 132 Å². The quantitative estimate of drug-likeness (QED) is 0.825. The Morgan fingerprint density at radius 3 is 2.50 bits per heavy atom. The van der Waals surface area contributed by atoms with Crippen molar-refractivity contribution in [1.29, 1.82) is 0 Å². The van der Waals surface area contributed by atoms with Gasteiger partial charge in [0.1, 0.15) is 0 Å². The summed E-state index contributed by atoms with van der Waals surface area (Å²) in [6.45, 7) is 4.32. The highest BCUT2D eigenvalue weighted by molar-refractivity contribution is 5.89. The Hall–Kier alpha value is -2.13. The van der Waals surface area contributed by atoms with Gasteiger partial charge in [-0.1, -0.05) is 42.5 Å². The zero-order valence-electron chi connectivity index (χ0n) is 13.4. The van der Waals surface area contributed by atoms with Crippen LogP contribution in [0.15, 0.2) is 54.6 Å². The molecule has 0 bridgehead atoms. The monoisotopic (exact) mass is 297 g/mol. The average Bonchev–Trinajstić information content (AvgIpc) is 2.55.